The molecule has 3 rings (SSSR count). The van der Waals surface area contributed by atoms with Gasteiger partial charge in [0.1, 0.15) is 5.75 Å². The number of para-hydroxylation sites is 1. The number of fused-ring (bicyclic) bond motifs is 1. The molecule has 0 radical (unpaired) electrons. The van der Waals surface area contributed by atoms with Gasteiger partial charge < -0.3 is 9.64 Å². The predicted molar refractivity (Wildman–Crippen MR) is 96.2 cm³/mol. The zero-order valence-electron chi connectivity index (χ0n) is 14.8. The quantitative estimate of drug-likeness (QED) is 0.797. The number of amides is 1. The first-order valence-electron chi connectivity index (χ1n) is 8.99. The van der Waals surface area contributed by atoms with Crippen LogP contribution >= 0.6 is 0 Å². The van der Waals surface area contributed by atoms with Crippen LogP contribution in [0.1, 0.15) is 31.7 Å². The molecule has 2 aliphatic rings. The molecule has 4 nitrogen and oxygen atoms in total. The lowest BCUT2D eigenvalue weighted by Gasteiger charge is -2.25. The molecule has 130 valence electrons. The molecule has 0 saturated carbocycles. The Labute approximate surface area is 145 Å². The van der Waals surface area contributed by atoms with Crippen molar-refractivity contribution in [2.75, 3.05) is 33.3 Å². The number of ether oxygens (including phenoxy) is 1. The fourth-order valence-electron chi connectivity index (χ4n) is 3.91. The molecule has 0 N–H and O–H groups in total. The average molecular weight is 328 g/mol. The Morgan fingerprint density at radius 3 is 2.88 bits per heavy atom. The lowest BCUT2D eigenvalue weighted by molar-refractivity contribution is -0.126. The molecule has 0 unspecified atom stereocenters. The van der Waals surface area contributed by atoms with Crippen LogP contribution in [0.4, 0.5) is 0 Å². The molecule has 4 heteroatoms. The monoisotopic (exact) mass is 328 g/mol. The molecule has 2 fully saturated rings. The van der Waals surface area contributed by atoms with Crippen molar-refractivity contribution in [3.8, 4) is 5.75 Å². The Morgan fingerprint density at radius 1 is 1.25 bits per heavy atom. The third-order valence-electron chi connectivity index (χ3n) is 5.15. The number of methoxy groups -OCH3 is 1. The number of carbonyl (C=O) groups excluding carboxylic acids is 1. The van der Waals surface area contributed by atoms with Crippen LogP contribution in [0.25, 0.3) is 0 Å². The first kappa shape index (κ1) is 17.0. The summed E-state index contributed by atoms with van der Waals surface area (Å²) in [5.74, 6) is 1.05. The topological polar surface area (TPSA) is 32.8 Å². The van der Waals surface area contributed by atoms with Crippen LogP contribution < -0.4 is 4.74 Å². The van der Waals surface area contributed by atoms with Gasteiger partial charge in [-0.15, -0.1) is 0 Å². The fourth-order valence-corrected chi connectivity index (χ4v) is 3.91. The SMILES string of the molecule is COc1ccccc1C/C(C)=C\C(=O)N1CCCN2CCC[C@H]2C1. The molecule has 0 bridgehead atoms. The van der Waals surface area contributed by atoms with E-state index in [4.69, 9.17) is 4.74 Å². The predicted octanol–water partition coefficient (Wildman–Crippen LogP) is 2.88. The molecule has 1 aromatic carbocycles. The maximum atomic E-state index is 12.7. The van der Waals surface area contributed by atoms with Gasteiger partial charge in [-0.25, -0.2) is 0 Å². The van der Waals surface area contributed by atoms with E-state index in [0.717, 1.165) is 49.4 Å². The van der Waals surface area contributed by atoms with E-state index in [1.165, 1.54) is 19.4 Å². The number of allylic oxidation sites excluding steroid dienone is 1. The number of benzene rings is 1. The van der Waals surface area contributed by atoms with Gasteiger partial charge in [0.2, 0.25) is 5.91 Å². The van der Waals surface area contributed by atoms with Crippen molar-refractivity contribution >= 4 is 5.91 Å². The van der Waals surface area contributed by atoms with Gasteiger partial charge >= 0.3 is 0 Å². The summed E-state index contributed by atoms with van der Waals surface area (Å²) in [6.45, 7) is 6.14. The summed E-state index contributed by atoms with van der Waals surface area (Å²) in [7, 11) is 1.69. The van der Waals surface area contributed by atoms with Crippen molar-refractivity contribution < 1.29 is 9.53 Å². The van der Waals surface area contributed by atoms with Crippen molar-refractivity contribution in [3.63, 3.8) is 0 Å². The molecular weight excluding hydrogens is 300 g/mol. The van der Waals surface area contributed by atoms with E-state index in [0.29, 0.717) is 6.04 Å². The van der Waals surface area contributed by atoms with E-state index < -0.39 is 0 Å². The number of hydrogen-bond donors (Lipinski definition) is 0. The zero-order chi connectivity index (χ0) is 16.9. The Balaban J connectivity index is 1.64. The lowest BCUT2D eigenvalue weighted by atomic mass is 10.0. The van der Waals surface area contributed by atoms with Gasteiger partial charge in [-0.3, -0.25) is 9.69 Å². The first-order valence-corrected chi connectivity index (χ1v) is 8.99. The minimum atomic E-state index is 0.163. The number of nitrogens with zero attached hydrogens (tertiary/aromatic N) is 2. The van der Waals surface area contributed by atoms with Crippen molar-refractivity contribution in [2.24, 2.45) is 0 Å². The fraction of sp³-hybridized carbons (Fsp3) is 0.550. The van der Waals surface area contributed by atoms with Gasteiger partial charge in [-0.05, 0) is 50.8 Å². The molecule has 2 heterocycles. The second-order valence-electron chi connectivity index (χ2n) is 6.95. The summed E-state index contributed by atoms with van der Waals surface area (Å²) in [6.07, 6.45) is 6.15. The lowest BCUT2D eigenvalue weighted by Crippen LogP contribution is -2.39. The normalized spacial score (nSPS) is 22.2. The minimum absolute atomic E-state index is 0.163. The molecule has 0 aliphatic carbocycles. The van der Waals surface area contributed by atoms with E-state index in [2.05, 4.69) is 11.0 Å². The summed E-state index contributed by atoms with van der Waals surface area (Å²) in [6, 6.07) is 8.57. The number of hydrogen-bond acceptors (Lipinski definition) is 3. The maximum absolute atomic E-state index is 12.7. The van der Waals surface area contributed by atoms with Crippen LogP contribution in [0.3, 0.4) is 0 Å². The average Bonchev–Trinajstić information content (AvgIpc) is 2.92. The Hall–Kier alpha value is -1.81. The first-order chi connectivity index (χ1) is 11.7. The Morgan fingerprint density at radius 2 is 2.04 bits per heavy atom. The highest BCUT2D eigenvalue weighted by atomic mass is 16.5. The second-order valence-corrected chi connectivity index (χ2v) is 6.95. The van der Waals surface area contributed by atoms with Crippen molar-refractivity contribution in [1.82, 2.24) is 9.80 Å². The largest absolute Gasteiger partial charge is 0.496 e. The molecule has 1 amide bonds. The molecule has 1 atom stereocenters. The smallest absolute Gasteiger partial charge is 0.246 e. The van der Waals surface area contributed by atoms with Crippen LogP contribution in [0.5, 0.6) is 5.75 Å². The molecular formula is C20H28N2O2. The van der Waals surface area contributed by atoms with Crippen LogP contribution in [0, 0.1) is 0 Å². The van der Waals surface area contributed by atoms with E-state index >= 15 is 0 Å². The van der Waals surface area contributed by atoms with Gasteiger partial charge in [0, 0.05) is 31.8 Å². The van der Waals surface area contributed by atoms with Gasteiger partial charge in [-0.2, -0.15) is 0 Å². The van der Waals surface area contributed by atoms with E-state index in [1.54, 1.807) is 7.11 Å². The Kier molecular flexibility index (Phi) is 5.56. The van der Waals surface area contributed by atoms with Gasteiger partial charge in [0.15, 0.2) is 0 Å². The van der Waals surface area contributed by atoms with E-state index in [9.17, 15) is 4.79 Å². The van der Waals surface area contributed by atoms with E-state index in [-0.39, 0.29) is 5.91 Å². The highest BCUT2D eigenvalue weighted by Gasteiger charge is 2.29. The van der Waals surface area contributed by atoms with Crippen molar-refractivity contribution in [1.29, 1.82) is 0 Å². The summed E-state index contributed by atoms with van der Waals surface area (Å²) in [5.41, 5.74) is 2.21. The summed E-state index contributed by atoms with van der Waals surface area (Å²) >= 11 is 0. The molecule has 1 aromatic rings. The van der Waals surface area contributed by atoms with Crippen molar-refractivity contribution in [2.45, 2.75) is 38.6 Å². The summed E-state index contributed by atoms with van der Waals surface area (Å²) in [4.78, 5) is 17.3. The van der Waals surface area contributed by atoms with Crippen LogP contribution in [-0.4, -0.2) is 55.0 Å². The van der Waals surface area contributed by atoms with Gasteiger partial charge in [0.05, 0.1) is 7.11 Å². The molecule has 0 spiro atoms. The number of carbonyl (C=O) groups is 1. The zero-order valence-corrected chi connectivity index (χ0v) is 14.8. The molecule has 24 heavy (non-hydrogen) atoms. The second kappa shape index (κ2) is 7.84. The van der Waals surface area contributed by atoms with Gasteiger partial charge in [-0.1, -0.05) is 23.8 Å². The third kappa shape index (κ3) is 3.99. The summed E-state index contributed by atoms with van der Waals surface area (Å²) < 4.78 is 5.40. The highest BCUT2D eigenvalue weighted by molar-refractivity contribution is 5.88. The third-order valence-corrected chi connectivity index (χ3v) is 5.15. The molecule has 2 aliphatic heterocycles. The molecule has 2 saturated heterocycles. The Bertz CT molecular complexity index is 611. The van der Waals surface area contributed by atoms with Crippen LogP contribution in [0.2, 0.25) is 0 Å². The molecule has 0 aromatic heterocycles. The van der Waals surface area contributed by atoms with E-state index in [1.807, 2.05) is 36.1 Å². The van der Waals surface area contributed by atoms with Crippen molar-refractivity contribution in [3.05, 3.63) is 41.5 Å². The summed E-state index contributed by atoms with van der Waals surface area (Å²) in [5, 5.41) is 0. The maximum Gasteiger partial charge on any atom is 0.246 e. The highest BCUT2D eigenvalue weighted by Crippen LogP contribution is 2.23. The standard InChI is InChI=1S/C20H28N2O2/c1-16(13-17-7-3-4-9-19(17)24-2)14-20(23)22-12-6-11-21-10-5-8-18(21)15-22/h3-4,7,9,14,18H,5-6,8,10-13,15H2,1-2H3/b16-14-/t18-/m0/s1. The minimum Gasteiger partial charge on any atom is -0.496 e. The number of rotatable bonds is 4. The van der Waals surface area contributed by atoms with Gasteiger partial charge in [0.25, 0.3) is 0 Å². The van der Waals surface area contributed by atoms with Crippen LogP contribution in [-0.2, 0) is 11.2 Å². The van der Waals surface area contributed by atoms with Crippen LogP contribution in [0.15, 0.2) is 35.9 Å².